The van der Waals surface area contributed by atoms with E-state index in [9.17, 15) is 42.8 Å². The highest BCUT2D eigenvalue weighted by atomic mass is 32.2. The molecule has 0 aliphatic heterocycles. The number of unbranched alkanes of at least 4 members (excludes halogenated alkanes) is 1. The molecule has 5 N–H and O–H groups in total. The van der Waals surface area contributed by atoms with Crippen LogP contribution in [0.5, 0.6) is 11.5 Å². The summed E-state index contributed by atoms with van der Waals surface area (Å²) < 4.78 is 136. The first-order valence-corrected chi connectivity index (χ1v) is 19.5. The number of azo groups is 1. The third-order valence-corrected chi connectivity index (χ3v) is 10.4. The van der Waals surface area contributed by atoms with E-state index in [0.717, 1.165) is 23.8 Å². The smallest absolute Gasteiger partial charge is 0.339 e. The molecule has 48 heavy (non-hydrogen) atoms. The number of nitrogens with two attached hydrogens (primary N) is 1. The van der Waals surface area contributed by atoms with Crippen LogP contribution in [0.2, 0.25) is 0 Å². The van der Waals surface area contributed by atoms with Gasteiger partial charge in [0.2, 0.25) is 0 Å². The van der Waals surface area contributed by atoms with Crippen molar-refractivity contribution >= 4 is 68.3 Å². The van der Waals surface area contributed by atoms with Gasteiger partial charge in [-0.05, 0) is 74.0 Å². The Morgan fingerprint density at radius 3 is 1.85 bits per heavy atom. The van der Waals surface area contributed by atoms with Crippen molar-refractivity contribution < 1.29 is 56.2 Å². The molecule has 0 spiro atoms. The summed E-state index contributed by atoms with van der Waals surface area (Å²) in [7, 11) is -18.7. The summed E-state index contributed by atoms with van der Waals surface area (Å²) >= 11 is 0. The Kier molecular flexibility index (Phi) is 10.5. The molecule has 4 rings (SSSR count). The van der Waals surface area contributed by atoms with E-state index in [-0.39, 0.29) is 57.9 Å². The molecule has 258 valence electrons. The molecule has 4 aromatic carbocycles. The number of hydrogen-bond acceptors (Lipinski definition) is 13. The molecule has 0 radical (unpaired) electrons. The van der Waals surface area contributed by atoms with Crippen molar-refractivity contribution in [1.82, 2.24) is 0 Å². The van der Waals surface area contributed by atoms with Crippen molar-refractivity contribution in [3.63, 3.8) is 0 Å². The molecule has 0 aliphatic rings. The summed E-state index contributed by atoms with van der Waals surface area (Å²) in [5.74, 6) is -0.997. The van der Waals surface area contributed by atoms with Gasteiger partial charge in [-0.2, -0.15) is 38.8 Å². The fourth-order valence-electron chi connectivity index (χ4n) is 4.32. The molecule has 0 aliphatic carbocycles. The van der Waals surface area contributed by atoms with E-state index in [2.05, 4.69) is 10.2 Å². The van der Waals surface area contributed by atoms with Gasteiger partial charge in [0.1, 0.15) is 10.6 Å². The summed E-state index contributed by atoms with van der Waals surface area (Å²) in [5.41, 5.74) is 7.16. The number of ether oxygens (including phenoxy) is 1. The van der Waals surface area contributed by atoms with Gasteiger partial charge >= 0.3 is 10.1 Å². The van der Waals surface area contributed by atoms with Crippen molar-refractivity contribution in [2.45, 2.75) is 41.4 Å². The largest absolute Gasteiger partial charge is 0.491 e. The monoisotopic (exact) mass is 743 g/mol. The highest BCUT2D eigenvalue weighted by molar-refractivity contribution is 7.87. The predicted molar refractivity (Wildman–Crippen MR) is 173 cm³/mol. The molecule has 0 aromatic heterocycles. The zero-order valence-corrected chi connectivity index (χ0v) is 28.4. The molecule has 0 bridgehead atoms. The Morgan fingerprint density at radius 1 is 0.688 bits per heavy atom. The van der Waals surface area contributed by atoms with Crippen LogP contribution in [-0.2, 0) is 40.5 Å². The number of nitrogens with zero attached hydrogens (tertiary/aromatic N) is 2. The Bertz CT molecular complexity index is 2350. The normalized spacial score (nSPS) is 12.9. The summed E-state index contributed by atoms with van der Waals surface area (Å²) in [6.07, 6.45) is 0.357. The maximum atomic E-state index is 13.2. The van der Waals surface area contributed by atoms with Gasteiger partial charge in [-0.1, -0.05) is 17.7 Å². The average molecular weight is 744 g/mol. The first-order valence-electron chi connectivity index (χ1n) is 13.6. The molecule has 16 nitrogen and oxygen atoms in total. The van der Waals surface area contributed by atoms with E-state index in [1.165, 1.54) is 36.4 Å². The summed E-state index contributed by atoms with van der Waals surface area (Å²) in [6, 6.07) is 11.5. The first-order chi connectivity index (χ1) is 22.1. The van der Waals surface area contributed by atoms with Gasteiger partial charge in [0, 0.05) is 12.1 Å². The minimum absolute atomic E-state index is 0.0205. The van der Waals surface area contributed by atoms with Crippen molar-refractivity contribution in [3.05, 3.63) is 71.8 Å². The molecule has 4 aromatic rings. The lowest BCUT2D eigenvalue weighted by molar-refractivity contribution is 0.310. The number of nitrogen functional groups attached to an aromatic ring is 1. The highest BCUT2D eigenvalue weighted by Gasteiger charge is 2.25. The molecule has 0 heterocycles. The van der Waals surface area contributed by atoms with Crippen LogP contribution in [-0.4, -0.2) is 59.7 Å². The van der Waals surface area contributed by atoms with Crippen LogP contribution < -0.4 is 14.7 Å². The first kappa shape index (κ1) is 36.7. The lowest BCUT2D eigenvalue weighted by atomic mass is 10.1. The molecular formula is C28H29N3O13S4. The minimum Gasteiger partial charge on any atom is -0.491 e. The van der Waals surface area contributed by atoms with E-state index in [4.69, 9.17) is 19.2 Å². The molecule has 0 saturated heterocycles. The summed E-state index contributed by atoms with van der Waals surface area (Å²) in [4.78, 5) is -1.93. The van der Waals surface area contributed by atoms with Gasteiger partial charge in [0.15, 0.2) is 5.75 Å². The molecule has 0 unspecified atom stereocenters. The van der Waals surface area contributed by atoms with Gasteiger partial charge in [-0.15, -0.1) is 5.11 Å². The van der Waals surface area contributed by atoms with Crippen LogP contribution in [0.25, 0.3) is 10.8 Å². The van der Waals surface area contributed by atoms with Crippen molar-refractivity contribution in [2.75, 3.05) is 18.1 Å². The maximum Gasteiger partial charge on any atom is 0.339 e. The molecule has 0 fully saturated rings. The average Bonchev–Trinajstić information content (AvgIpc) is 2.95. The SMILES string of the molecule is Cc1ccc(S(=O)(=O)Oc2cc(S(=O)(=O)O)cc3cc(S(=O)(=O)O)cc(N=Nc4cc(OCCCCS(=O)(=O)O)c(N)cc4C)c23)cc1. The van der Waals surface area contributed by atoms with E-state index in [0.29, 0.717) is 11.6 Å². The quantitative estimate of drug-likeness (QED) is 0.0473. The molecule has 0 saturated carbocycles. The molecule has 0 amide bonds. The van der Waals surface area contributed by atoms with Gasteiger partial charge in [0.05, 0.1) is 44.6 Å². The Hall–Kier alpha value is -4.18. The molecule has 20 heteroatoms. The van der Waals surface area contributed by atoms with Gasteiger partial charge in [-0.3, -0.25) is 13.7 Å². The third-order valence-electron chi connectivity index (χ3n) is 6.69. The molecular weight excluding hydrogens is 715 g/mol. The second-order valence-electron chi connectivity index (χ2n) is 10.5. The van der Waals surface area contributed by atoms with Gasteiger partial charge < -0.3 is 14.7 Å². The second-order valence-corrected chi connectivity index (χ2v) is 16.4. The predicted octanol–water partition coefficient (Wildman–Crippen LogP) is 4.76. The lowest BCUT2D eigenvalue weighted by Crippen LogP contribution is -2.11. The van der Waals surface area contributed by atoms with E-state index >= 15 is 0 Å². The topological polar surface area (TPSA) is 266 Å². The van der Waals surface area contributed by atoms with Crippen molar-refractivity contribution in [2.24, 2.45) is 10.2 Å². The summed E-state index contributed by atoms with van der Waals surface area (Å²) in [5, 5.41) is 7.65. The highest BCUT2D eigenvalue weighted by Crippen LogP contribution is 2.41. The van der Waals surface area contributed by atoms with E-state index < -0.39 is 61.8 Å². The minimum atomic E-state index is -5.00. The number of benzene rings is 4. The lowest BCUT2D eigenvalue weighted by Gasteiger charge is -2.14. The van der Waals surface area contributed by atoms with E-state index in [1.54, 1.807) is 13.8 Å². The van der Waals surface area contributed by atoms with E-state index in [1.807, 2.05) is 0 Å². The third kappa shape index (κ3) is 9.24. The van der Waals surface area contributed by atoms with Crippen molar-refractivity contribution in [1.29, 1.82) is 0 Å². The Balaban J connectivity index is 1.86. The zero-order valence-electron chi connectivity index (χ0n) is 25.1. The maximum absolute atomic E-state index is 13.2. The standard InChI is InChI=1S/C28H29N3O13S4/c1-17-5-7-20(8-6-17)48(41,42)44-27-15-22(47(38,39)40)13-19-12-21(46(35,36)37)14-25(28(19)27)31-30-24-16-26(23(29)11-18(24)2)43-9-3-4-10-45(32,33)34/h5-8,11-16H,3-4,9-10,29H2,1-2H3,(H,32,33,34)(H,35,36,37)(H,38,39,40). The fourth-order valence-corrected chi connectivity index (χ4v) is 6.89. The van der Waals surface area contributed by atoms with Crippen LogP contribution in [0.4, 0.5) is 17.1 Å². The van der Waals surface area contributed by atoms with Gasteiger partial charge in [0.25, 0.3) is 30.4 Å². The Labute approximate surface area is 276 Å². The number of anilines is 1. The van der Waals surface area contributed by atoms with Crippen LogP contribution in [0.1, 0.15) is 24.0 Å². The van der Waals surface area contributed by atoms with Crippen molar-refractivity contribution in [3.8, 4) is 11.5 Å². The van der Waals surface area contributed by atoms with Gasteiger partial charge in [-0.25, -0.2) is 0 Å². The van der Waals surface area contributed by atoms with Crippen LogP contribution in [0.3, 0.4) is 0 Å². The zero-order chi connectivity index (χ0) is 35.7. The van der Waals surface area contributed by atoms with Crippen LogP contribution in [0, 0.1) is 13.8 Å². The van der Waals surface area contributed by atoms with Crippen LogP contribution in [0.15, 0.2) is 85.6 Å². The number of hydrogen-bond donors (Lipinski definition) is 4. The number of fused-ring (bicyclic) bond motifs is 1. The second kappa shape index (κ2) is 13.7. The van der Waals surface area contributed by atoms with Crippen LogP contribution >= 0.6 is 0 Å². The number of aryl methyl sites for hydroxylation is 2. The molecule has 0 atom stereocenters. The Morgan fingerprint density at radius 2 is 1.27 bits per heavy atom. The summed E-state index contributed by atoms with van der Waals surface area (Å²) in [6.45, 7) is 3.34. The fraction of sp³-hybridized carbons (Fsp3) is 0.214. The number of rotatable bonds is 13.